The number of nitrogens with zero attached hydrogens (tertiary/aromatic N) is 8. The van der Waals surface area contributed by atoms with Crippen LogP contribution in [0.4, 0.5) is 0 Å². The Hall–Kier alpha value is -5.23. The van der Waals surface area contributed by atoms with Crippen LogP contribution >= 0.6 is 0 Å². The highest BCUT2D eigenvalue weighted by atomic mass is 16.5. The summed E-state index contributed by atoms with van der Waals surface area (Å²) in [6, 6.07) is 17.4. The van der Waals surface area contributed by atoms with E-state index in [1.807, 2.05) is 75.8 Å². The Morgan fingerprint density at radius 2 is 1.89 bits per heavy atom. The molecule has 0 bridgehead atoms. The van der Waals surface area contributed by atoms with Crippen LogP contribution in [0.3, 0.4) is 0 Å². The SMILES string of the molecule is COc1ccc2nc(C)n(CC(=O)N3CCN(CCn4cccn4)C[C@H]3c3ncc(-c4cc5ccccc5nc4OC)[nH]3)c2c1. The number of nitrogens with one attached hydrogen (secondary N) is 1. The number of methoxy groups -OCH3 is 2. The van der Waals surface area contributed by atoms with E-state index in [0.717, 1.165) is 64.4 Å². The van der Waals surface area contributed by atoms with Gasteiger partial charge in [0, 0.05) is 50.0 Å². The first-order valence-electron chi connectivity index (χ1n) is 15.0. The lowest BCUT2D eigenvalue weighted by molar-refractivity contribution is -0.137. The molecule has 0 unspecified atom stereocenters. The van der Waals surface area contributed by atoms with Crippen LogP contribution in [0.5, 0.6) is 11.6 Å². The molecule has 0 saturated carbocycles. The minimum atomic E-state index is -0.290. The smallest absolute Gasteiger partial charge is 0.243 e. The summed E-state index contributed by atoms with van der Waals surface area (Å²) < 4.78 is 15.0. The van der Waals surface area contributed by atoms with E-state index in [0.29, 0.717) is 24.8 Å². The van der Waals surface area contributed by atoms with Crippen LogP contribution in [-0.2, 0) is 17.9 Å². The summed E-state index contributed by atoms with van der Waals surface area (Å²) in [7, 11) is 3.26. The standard InChI is InChI=1S/C33H35N9O3/c1-22-36-27-10-9-24(44-2)18-29(27)42(22)21-31(43)41-16-14-39(13-15-40-12-6-11-35-40)20-30(41)32-34-19-28(37-32)25-17-23-7-4-5-8-26(23)38-33(25)45-3/h4-12,17-19,30H,13-16,20-21H2,1-3H3,(H,34,37)/t30-/m0/s1. The van der Waals surface area contributed by atoms with Gasteiger partial charge in [-0.25, -0.2) is 15.0 Å². The minimum absolute atomic E-state index is 0.000140. The third-order valence-electron chi connectivity index (χ3n) is 8.51. The second-order valence-electron chi connectivity index (χ2n) is 11.2. The molecule has 230 valence electrons. The number of carbonyl (C=O) groups excluding carboxylic acids is 1. The second kappa shape index (κ2) is 12.0. The molecular formula is C33H35N9O3. The van der Waals surface area contributed by atoms with Gasteiger partial charge in [0.2, 0.25) is 11.8 Å². The van der Waals surface area contributed by atoms with Crippen molar-refractivity contribution in [3.05, 3.63) is 84.8 Å². The molecule has 1 atom stereocenters. The highest BCUT2D eigenvalue weighted by molar-refractivity contribution is 5.85. The van der Waals surface area contributed by atoms with Gasteiger partial charge in [-0.1, -0.05) is 18.2 Å². The van der Waals surface area contributed by atoms with Crippen molar-refractivity contribution in [3.63, 3.8) is 0 Å². The molecule has 0 aliphatic carbocycles. The fourth-order valence-corrected chi connectivity index (χ4v) is 6.12. The van der Waals surface area contributed by atoms with Crippen LogP contribution in [-0.4, -0.2) is 90.4 Å². The molecule has 6 aromatic rings. The molecule has 7 rings (SSSR count). The van der Waals surface area contributed by atoms with Gasteiger partial charge in [0.1, 0.15) is 30.0 Å². The number of aromatic nitrogens is 7. The normalized spacial score (nSPS) is 15.6. The summed E-state index contributed by atoms with van der Waals surface area (Å²) in [5, 5.41) is 5.36. The molecule has 4 aromatic heterocycles. The predicted molar refractivity (Wildman–Crippen MR) is 170 cm³/mol. The molecule has 1 amide bonds. The van der Waals surface area contributed by atoms with E-state index in [1.54, 1.807) is 26.6 Å². The van der Waals surface area contributed by atoms with E-state index >= 15 is 0 Å². The first-order valence-corrected chi connectivity index (χ1v) is 15.0. The molecule has 1 N–H and O–H groups in total. The number of aromatic amines is 1. The van der Waals surface area contributed by atoms with E-state index in [1.165, 1.54) is 0 Å². The summed E-state index contributed by atoms with van der Waals surface area (Å²) in [6.07, 6.45) is 5.56. The van der Waals surface area contributed by atoms with E-state index in [-0.39, 0.29) is 18.5 Å². The maximum Gasteiger partial charge on any atom is 0.243 e. The summed E-state index contributed by atoms with van der Waals surface area (Å²) in [5.41, 5.74) is 4.15. The van der Waals surface area contributed by atoms with Crippen molar-refractivity contribution in [2.45, 2.75) is 26.1 Å². The average Bonchev–Trinajstić information content (AvgIpc) is 3.84. The van der Waals surface area contributed by atoms with Gasteiger partial charge in [-0.05, 0) is 37.3 Å². The number of piperazine rings is 1. The number of pyridine rings is 1. The summed E-state index contributed by atoms with van der Waals surface area (Å²) in [5.74, 6) is 2.73. The van der Waals surface area contributed by atoms with Gasteiger partial charge in [-0.15, -0.1) is 0 Å². The van der Waals surface area contributed by atoms with Crippen molar-refractivity contribution in [3.8, 4) is 22.9 Å². The number of carbonyl (C=O) groups is 1. The van der Waals surface area contributed by atoms with Gasteiger partial charge < -0.3 is 23.9 Å². The van der Waals surface area contributed by atoms with Crippen LogP contribution < -0.4 is 9.47 Å². The van der Waals surface area contributed by atoms with E-state index in [2.05, 4.69) is 26.0 Å². The van der Waals surface area contributed by atoms with Gasteiger partial charge in [0.15, 0.2) is 0 Å². The number of hydrogen-bond acceptors (Lipinski definition) is 8. The average molecular weight is 606 g/mol. The number of hydrogen-bond donors (Lipinski definition) is 1. The van der Waals surface area contributed by atoms with Gasteiger partial charge in [0.25, 0.3) is 0 Å². The molecule has 45 heavy (non-hydrogen) atoms. The predicted octanol–water partition coefficient (Wildman–Crippen LogP) is 4.08. The number of H-pyrrole nitrogens is 1. The number of benzene rings is 2. The topological polar surface area (TPSA) is 119 Å². The maximum atomic E-state index is 14.1. The van der Waals surface area contributed by atoms with E-state index in [9.17, 15) is 4.79 Å². The first-order chi connectivity index (χ1) is 22.0. The van der Waals surface area contributed by atoms with Crippen LogP contribution in [0, 0.1) is 6.92 Å². The first kappa shape index (κ1) is 28.5. The quantitative estimate of drug-likeness (QED) is 0.262. The molecule has 5 heterocycles. The van der Waals surface area contributed by atoms with Crippen molar-refractivity contribution < 1.29 is 14.3 Å². The highest BCUT2D eigenvalue weighted by Gasteiger charge is 2.34. The molecule has 2 aromatic carbocycles. The number of imidazole rings is 2. The van der Waals surface area contributed by atoms with Crippen molar-refractivity contribution in [1.82, 2.24) is 44.1 Å². The van der Waals surface area contributed by atoms with Gasteiger partial charge >= 0.3 is 0 Å². The lowest BCUT2D eigenvalue weighted by Crippen LogP contribution is -2.52. The molecule has 1 aliphatic rings. The number of amides is 1. The molecule has 0 radical (unpaired) electrons. The summed E-state index contributed by atoms with van der Waals surface area (Å²) in [6.45, 7) is 5.60. The third kappa shape index (κ3) is 5.60. The Kier molecular flexibility index (Phi) is 7.64. The number of aryl methyl sites for hydroxylation is 1. The largest absolute Gasteiger partial charge is 0.497 e. The maximum absolute atomic E-state index is 14.1. The molecule has 1 aliphatic heterocycles. The zero-order valence-electron chi connectivity index (χ0n) is 25.6. The summed E-state index contributed by atoms with van der Waals surface area (Å²) in [4.78, 5) is 36.2. The summed E-state index contributed by atoms with van der Waals surface area (Å²) >= 11 is 0. The van der Waals surface area contributed by atoms with Crippen molar-refractivity contribution in [1.29, 1.82) is 0 Å². The molecule has 1 saturated heterocycles. The lowest BCUT2D eigenvalue weighted by Gasteiger charge is -2.40. The molecule has 0 spiro atoms. The number of rotatable bonds is 9. The van der Waals surface area contributed by atoms with Crippen LogP contribution in [0.15, 0.2) is 73.2 Å². The highest BCUT2D eigenvalue weighted by Crippen LogP contribution is 2.33. The van der Waals surface area contributed by atoms with Gasteiger partial charge in [-0.2, -0.15) is 5.10 Å². The Balaban J connectivity index is 1.20. The second-order valence-corrected chi connectivity index (χ2v) is 11.2. The molecular weight excluding hydrogens is 570 g/mol. The zero-order chi connectivity index (χ0) is 30.9. The lowest BCUT2D eigenvalue weighted by atomic mass is 10.1. The van der Waals surface area contributed by atoms with E-state index in [4.69, 9.17) is 19.4 Å². The van der Waals surface area contributed by atoms with Crippen LogP contribution in [0.1, 0.15) is 17.7 Å². The zero-order valence-corrected chi connectivity index (χ0v) is 25.6. The number of para-hydroxylation sites is 1. The number of fused-ring (bicyclic) bond motifs is 2. The van der Waals surface area contributed by atoms with Crippen LogP contribution in [0.25, 0.3) is 33.2 Å². The Bertz CT molecular complexity index is 1960. The molecule has 12 heteroatoms. The van der Waals surface area contributed by atoms with Crippen molar-refractivity contribution >= 4 is 27.8 Å². The number of ether oxygens (including phenoxy) is 2. The Morgan fingerprint density at radius 1 is 1.00 bits per heavy atom. The van der Waals surface area contributed by atoms with E-state index < -0.39 is 0 Å². The van der Waals surface area contributed by atoms with Crippen LogP contribution in [0.2, 0.25) is 0 Å². The van der Waals surface area contributed by atoms with Crippen molar-refractivity contribution in [2.24, 2.45) is 0 Å². The fourth-order valence-electron chi connectivity index (χ4n) is 6.12. The van der Waals surface area contributed by atoms with Crippen molar-refractivity contribution in [2.75, 3.05) is 40.4 Å². The monoisotopic (exact) mass is 605 g/mol. The molecule has 1 fully saturated rings. The Labute approximate surface area is 260 Å². The molecule has 12 nitrogen and oxygen atoms in total. The van der Waals surface area contributed by atoms with Gasteiger partial charge in [-0.3, -0.25) is 14.4 Å². The third-order valence-corrected chi connectivity index (χ3v) is 8.51. The Morgan fingerprint density at radius 3 is 2.71 bits per heavy atom. The van der Waals surface area contributed by atoms with Gasteiger partial charge in [0.05, 0.1) is 54.8 Å². The fraction of sp³-hybridized carbons (Fsp3) is 0.303. The minimum Gasteiger partial charge on any atom is -0.497 e.